The molecule has 2 N–H and O–H groups in total. The van der Waals surface area contributed by atoms with Gasteiger partial charge in [-0.25, -0.2) is 9.67 Å². The van der Waals surface area contributed by atoms with Crippen LogP contribution < -0.4 is 5.32 Å². The second-order valence-electron chi connectivity index (χ2n) is 7.57. The molecule has 0 saturated carbocycles. The molecule has 8 heteroatoms. The molecule has 0 spiro atoms. The number of pyridine rings is 2. The van der Waals surface area contributed by atoms with Crippen molar-refractivity contribution in [1.82, 2.24) is 19.7 Å². The highest BCUT2D eigenvalue weighted by Gasteiger charge is 2.18. The van der Waals surface area contributed by atoms with E-state index in [0.29, 0.717) is 39.7 Å². The van der Waals surface area contributed by atoms with E-state index >= 15 is 0 Å². The Kier molecular flexibility index (Phi) is 6.66. The molecule has 1 aromatic carbocycles. The molecule has 164 valence electrons. The van der Waals surface area contributed by atoms with Crippen LogP contribution in [0.5, 0.6) is 5.75 Å². The summed E-state index contributed by atoms with van der Waals surface area (Å²) in [6.07, 6.45) is 7.47. The predicted octanol–water partition coefficient (Wildman–Crippen LogP) is 5.68. The zero-order valence-electron chi connectivity index (χ0n) is 17.8. The van der Waals surface area contributed by atoms with E-state index in [-0.39, 0.29) is 11.7 Å². The summed E-state index contributed by atoms with van der Waals surface area (Å²) in [5.41, 5.74) is 2.47. The van der Waals surface area contributed by atoms with E-state index in [9.17, 15) is 9.90 Å². The van der Waals surface area contributed by atoms with Crippen molar-refractivity contribution in [3.05, 3.63) is 65.4 Å². The van der Waals surface area contributed by atoms with Crippen LogP contribution in [0.2, 0.25) is 5.02 Å². The number of phenolic OH excluding ortho intramolecular Hbond substituents is 1. The van der Waals surface area contributed by atoms with Gasteiger partial charge in [0.05, 0.1) is 21.7 Å². The highest BCUT2D eigenvalue weighted by Crippen LogP contribution is 2.33. The number of amides is 1. The predicted molar refractivity (Wildman–Crippen MR) is 126 cm³/mol. The van der Waals surface area contributed by atoms with Crippen molar-refractivity contribution < 1.29 is 9.90 Å². The lowest BCUT2D eigenvalue weighted by Crippen LogP contribution is -2.13. The van der Waals surface area contributed by atoms with Crippen molar-refractivity contribution in [2.24, 2.45) is 0 Å². The van der Waals surface area contributed by atoms with Gasteiger partial charge in [-0.15, -0.1) is 0 Å². The summed E-state index contributed by atoms with van der Waals surface area (Å²) >= 11 is 6.57. The number of nitrogens with zero attached hydrogens (tertiary/aromatic N) is 4. The maximum Gasteiger partial charge on any atom is 0.258 e. The maximum atomic E-state index is 12.7. The van der Waals surface area contributed by atoms with Gasteiger partial charge in [-0.2, -0.15) is 5.10 Å². The van der Waals surface area contributed by atoms with Crippen molar-refractivity contribution >= 4 is 34.4 Å². The van der Waals surface area contributed by atoms with Crippen molar-refractivity contribution in [1.29, 1.82) is 0 Å². The number of rotatable bonds is 8. The van der Waals surface area contributed by atoms with Gasteiger partial charge in [0, 0.05) is 24.5 Å². The first-order valence-electron chi connectivity index (χ1n) is 10.6. The van der Waals surface area contributed by atoms with Gasteiger partial charge in [-0.05, 0) is 48.9 Å². The van der Waals surface area contributed by atoms with E-state index in [4.69, 9.17) is 16.6 Å². The Hall–Kier alpha value is -3.45. The number of phenols is 1. The summed E-state index contributed by atoms with van der Waals surface area (Å²) < 4.78 is 1.82. The van der Waals surface area contributed by atoms with Gasteiger partial charge >= 0.3 is 0 Å². The summed E-state index contributed by atoms with van der Waals surface area (Å²) in [7, 11) is 0. The highest BCUT2D eigenvalue weighted by atomic mass is 35.5. The van der Waals surface area contributed by atoms with Crippen LogP contribution in [-0.4, -0.2) is 30.8 Å². The van der Waals surface area contributed by atoms with Gasteiger partial charge in [0.25, 0.3) is 5.91 Å². The Morgan fingerprint density at radius 3 is 2.69 bits per heavy atom. The van der Waals surface area contributed by atoms with Crippen LogP contribution >= 0.6 is 11.6 Å². The zero-order chi connectivity index (χ0) is 22.5. The zero-order valence-corrected chi connectivity index (χ0v) is 18.5. The number of unbranched alkanes of at least 4 members (excludes halogenated alkanes) is 3. The molecule has 7 nitrogen and oxygen atoms in total. The monoisotopic (exact) mass is 449 g/mol. The lowest BCUT2D eigenvalue weighted by molar-refractivity contribution is 0.102. The van der Waals surface area contributed by atoms with Crippen molar-refractivity contribution in [2.75, 3.05) is 5.32 Å². The van der Waals surface area contributed by atoms with Gasteiger partial charge in [-0.1, -0.05) is 37.8 Å². The molecule has 0 aliphatic heterocycles. The van der Waals surface area contributed by atoms with Gasteiger partial charge < -0.3 is 10.4 Å². The molecule has 0 aliphatic rings. The van der Waals surface area contributed by atoms with E-state index in [1.807, 2.05) is 4.68 Å². The fourth-order valence-corrected chi connectivity index (χ4v) is 3.77. The van der Waals surface area contributed by atoms with E-state index in [1.54, 1.807) is 48.7 Å². The molecule has 3 aromatic heterocycles. The minimum absolute atomic E-state index is 0.173. The third kappa shape index (κ3) is 4.73. The quantitative estimate of drug-likeness (QED) is 0.337. The smallest absolute Gasteiger partial charge is 0.258 e. The summed E-state index contributed by atoms with van der Waals surface area (Å²) in [4.78, 5) is 21.5. The SMILES string of the molecule is CCCCCCn1nc(NC(=O)c2cccnc2)c2cc(Cl)c(-c3ccc(O)cc3)nc21. The van der Waals surface area contributed by atoms with E-state index in [1.165, 1.54) is 6.20 Å². The second-order valence-corrected chi connectivity index (χ2v) is 7.97. The van der Waals surface area contributed by atoms with E-state index < -0.39 is 0 Å². The molecule has 0 atom stereocenters. The normalized spacial score (nSPS) is 11.1. The Balaban J connectivity index is 1.74. The fraction of sp³-hybridized carbons (Fsp3) is 0.250. The molecule has 32 heavy (non-hydrogen) atoms. The van der Waals surface area contributed by atoms with Crippen LogP contribution in [0.25, 0.3) is 22.3 Å². The van der Waals surface area contributed by atoms with Crippen LogP contribution in [0.4, 0.5) is 5.82 Å². The molecule has 4 aromatic rings. The number of carbonyl (C=O) groups is 1. The fourth-order valence-electron chi connectivity index (χ4n) is 3.51. The third-order valence-electron chi connectivity index (χ3n) is 5.20. The summed E-state index contributed by atoms with van der Waals surface area (Å²) in [5.74, 6) is 0.290. The Labute approximate surface area is 191 Å². The van der Waals surface area contributed by atoms with Crippen LogP contribution in [0.3, 0.4) is 0 Å². The Bertz CT molecular complexity index is 1220. The molecule has 0 saturated heterocycles. The van der Waals surface area contributed by atoms with Gasteiger partial charge in [-0.3, -0.25) is 9.78 Å². The number of benzene rings is 1. The first-order chi connectivity index (χ1) is 15.6. The molecule has 4 rings (SSSR count). The van der Waals surface area contributed by atoms with Crippen LogP contribution in [0.1, 0.15) is 43.0 Å². The van der Waals surface area contributed by atoms with E-state index in [0.717, 1.165) is 31.2 Å². The molecule has 0 radical (unpaired) electrons. The largest absolute Gasteiger partial charge is 0.508 e. The van der Waals surface area contributed by atoms with Gasteiger partial charge in [0.1, 0.15) is 5.75 Å². The van der Waals surface area contributed by atoms with Crippen molar-refractivity contribution in [2.45, 2.75) is 39.2 Å². The third-order valence-corrected chi connectivity index (χ3v) is 5.48. The minimum Gasteiger partial charge on any atom is -0.508 e. The molecule has 0 aliphatic carbocycles. The number of anilines is 1. The number of hydrogen-bond acceptors (Lipinski definition) is 5. The minimum atomic E-state index is -0.297. The van der Waals surface area contributed by atoms with Gasteiger partial charge in [0.15, 0.2) is 11.5 Å². The van der Waals surface area contributed by atoms with E-state index in [2.05, 4.69) is 22.3 Å². The number of halogens is 1. The first-order valence-corrected chi connectivity index (χ1v) is 11.0. The average Bonchev–Trinajstić information content (AvgIpc) is 3.13. The molecular formula is C24H24ClN5O2. The lowest BCUT2D eigenvalue weighted by Gasteiger charge is -2.07. The standard InChI is InChI=1S/C24H24ClN5O2/c1-2-3-4-5-13-30-23-19(22(29-30)28-24(32)17-7-6-12-26-15-17)14-20(25)21(27-23)16-8-10-18(31)11-9-16/h6-12,14-15,31H,2-5,13H2,1H3,(H,28,29,32). The summed E-state index contributed by atoms with van der Waals surface area (Å²) in [6.45, 7) is 2.85. The number of aryl methyl sites for hydroxylation is 1. The van der Waals surface area contributed by atoms with Crippen LogP contribution in [0.15, 0.2) is 54.9 Å². The maximum absolute atomic E-state index is 12.7. The van der Waals surface area contributed by atoms with Crippen LogP contribution in [-0.2, 0) is 6.54 Å². The summed E-state index contributed by atoms with van der Waals surface area (Å²) in [5, 5.41) is 18.2. The van der Waals surface area contributed by atoms with Crippen molar-refractivity contribution in [3.63, 3.8) is 0 Å². The molecule has 0 bridgehead atoms. The van der Waals surface area contributed by atoms with Gasteiger partial charge in [0.2, 0.25) is 0 Å². The van der Waals surface area contributed by atoms with Crippen LogP contribution in [0, 0.1) is 0 Å². The topological polar surface area (TPSA) is 92.9 Å². The Morgan fingerprint density at radius 2 is 1.97 bits per heavy atom. The first kappa shape index (κ1) is 21.8. The molecule has 3 heterocycles. The number of aromatic hydroxyl groups is 1. The summed E-state index contributed by atoms with van der Waals surface area (Å²) in [6, 6.07) is 11.9. The number of hydrogen-bond donors (Lipinski definition) is 2. The Morgan fingerprint density at radius 1 is 1.16 bits per heavy atom. The number of aromatic nitrogens is 4. The second kappa shape index (κ2) is 9.78. The molecule has 0 unspecified atom stereocenters. The molecule has 1 amide bonds. The lowest BCUT2D eigenvalue weighted by atomic mass is 10.1. The van der Waals surface area contributed by atoms with Crippen molar-refractivity contribution in [3.8, 4) is 17.0 Å². The number of nitrogens with one attached hydrogen (secondary N) is 1. The number of fused-ring (bicyclic) bond motifs is 1. The number of carbonyl (C=O) groups excluding carboxylic acids is 1. The average molecular weight is 450 g/mol. The molecular weight excluding hydrogens is 426 g/mol. The molecule has 0 fully saturated rings. The highest BCUT2D eigenvalue weighted by molar-refractivity contribution is 6.34.